The van der Waals surface area contributed by atoms with Crippen LogP contribution in [0.15, 0.2) is 45.3 Å². The molecule has 2 heterocycles. The van der Waals surface area contributed by atoms with Gasteiger partial charge in [0.25, 0.3) is 5.91 Å². The molecule has 3 aromatic rings. The van der Waals surface area contributed by atoms with Crippen molar-refractivity contribution >= 4 is 16.9 Å². The van der Waals surface area contributed by atoms with Gasteiger partial charge in [0.2, 0.25) is 0 Å². The lowest BCUT2D eigenvalue weighted by molar-refractivity contribution is 0.0926. The maximum absolute atomic E-state index is 12.2. The predicted molar refractivity (Wildman–Crippen MR) is 80.6 cm³/mol. The third kappa shape index (κ3) is 2.39. The lowest BCUT2D eigenvalue weighted by Crippen LogP contribution is -2.26. The minimum Gasteiger partial charge on any atom is -0.459 e. The first-order chi connectivity index (χ1) is 10.7. The fourth-order valence-corrected chi connectivity index (χ4v) is 2.51. The summed E-state index contributed by atoms with van der Waals surface area (Å²) in [4.78, 5) is 12.2. The Bertz CT molecular complexity index is 796. The Morgan fingerprint density at radius 3 is 2.91 bits per heavy atom. The van der Waals surface area contributed by atoms with E-state index in [-0.39, 0.29) is 11.9 Å². The molecule has 1 fully saturated rings. The van der Waals surface area contributed by atoms with Gasteiger partial charge in [0, 0.05) is 17.4 Å². The highest BCUT2D eigenvalue weighted by atomic mass is 16.5. The quantitative estimate of drug-likeness (QED) is 0.795. The molecule has 1 aromatic carbocycles. The van der Waals surface area contributed by atoms with Gasteiger partial charge in [-0.15, -0.1) is 0 Å². The van der Waals surface area contributed by atoms with Gasteiger partial charge >= 0.3 is 0 Å². The average molecular weight is 296 g/mol. The topological polar surface area (TPSA) is 68.3 Å². The van der Waals surface area contributed by atoms with Crippen LogP contribution in [0.4, 0.5) is 0 Å². The Balaban J connectivity index is 1.50. The summed E-state index contributed by atoms with van der Waals surface area (Å²) in [5.41, 5.74) is 1.14. The number of benzene rings is 1. The van der Waals surface area contributed by atoms with Gasteiger partial charge in [0.15, 0.2) is 5.69 Å². The van der Waals surface area contributed by atoms with E-state index in [9.17, 15) is 4.79 Å². The van der Waals surface area contributed by atoms with Gasteiger partial charge < -0.3 is 14.3 Å². The first-order valence-electron chi connectivity index (χ1n) is 7.46. The molecule has 1 unspecified atom stereocenters. The van der Waals surface area contributed by atoms with Gasteiger partial charge in [-0.05, 0) is 31.9 Å². The van der Waals surface area contributed by atoms with Crippen molar-refractivity contribution in [2.45, 2.75) is 31.7 Å². The highest BCUT2D eigenvalue weighted by Gasteiger charge is 2.29. The van der Waals surface area contributed by atoms with Crippen LogP contribution < -0.4 is 5.32 Å². The summed E-state index contributed by atoms with van der Waals surface area (Å²) in [7, 11) is 0. The van der Waals surface area contributed by atoms with Crippen LogP contribution >= 0.6 is 0 Å². The molecule has 0 saturated heterocycles. The van der Waals surface area contributed by atoms with Crippen LogP contribution in [-0.2, 0) is 0 Å². The van der Waals surface area contributed by atoms with Crippen molar-refractivity contribution < 1.29 is 13.7 Å². The van der Waals surface area contributed by atoms with Gasteiger partial charge in [-0.2, -0.15) is 0 Å². The Morgan fingerprint density at radius 2 is 2.14 bits per heavy atom. The number of aromatic nitrogens is 1. The van der Waals surface area contributed by atoms with Crippen molar-refractivity contribution in [2.75, 3.05) is 0 Å². The standard InChI is InChI=1S/C17H16N2O3/c1-10(15-8-12-4-2-3-5-14(12)21-15)18-17(20)13-9-16(22-19-13)11-6-7-11/h2-5,8-11H,6-7H2,1H3,(H,18,20). The molecule has 22 heavy (non-hydrogen) atoms. The van der Waals surface area contributed by atoms with E-state index in [1.165, 1.54) is 0 Å². The Labute approximate surface area is 127 Å². The lowest BCUT2D eigenvalue weighted by atomic mass is 10.2. The van der Waals surface area contributed by atoms with E-state index in [0.29, 0.717) is 11.6 Å². The molecule has 1 atom stereocenters. The van der Waals surface area contributed by atoms with E-state index < -0.39 is 0 Å². The first kappa shape index (κ1) is 13.1. The summed E-state index contributed by atoms with van der Waals surface area (Å²) >= 11 is 0. The Hall–Kier alpha value is -2.56. The van der Waals surface area contributed by atoms with Gasteiger partial charge in [0.05, 0.1) is 6.04 Å². The molecule has 0 aliphatic heterocycles. The molecule has 0 bridgehead atoms. The second kappa shape index (κ2) is 5.02. The van der Waals surface area contributed by atoms with Crippen LogP contribution in [0.1, 0.15) is 53.7 Å². The molecule has 0 spiro atoms. The number of carbonyl (C=O) groups is 1. The summed E-state index contributed by atoms with van der Waals surface area (Å²) in [5, 5.41) is 7.76. The van der Waals surface area contributed by atoms with E-state index in [4.69, 9.17) is 8.94 Å². The fourth-order valence-electron chi connectivity index (χ4n) is 2.51. The van der Waals surface area contributed by atoms with Crippen LogP contribution in [0.2, 0.25) is 0 Å². The Kier molecular flexibility index (Phi) is 2.99. The summed E-state index contributed by atoms with van der Waals surface area (Å²) in [6.07, 6.45) is 2.23. The molecular formula is C17H16N2O3. The van der Waals surface area contributed by atoms with E-state index >= 15 is 0 Å². The van der Waals surface area contributed by atoms with E-state index in [0.717, 1.165) is 35.3 Å². The molecule has 1 aliphatic rings. The summed E-state index contributed by atoms with van der Waals surface area (Å²) < 4.78 is 11.0. The van der Waals surface area contributed by atoms with Gasteiger partial charge in [-0.3, -0.25) is 4.79 Å². The fraction of sp³-hybridized carbons (Fsp3) is 0.294. The van der Waals surface area contributed by atoms with Crippen LogP contribution in [0.5, 0.6) is 0 Å². The van der Waals surface area contributed by atoms with E-state index in [2.05, 4.69) is 10.5 Å². The molecule has 4 rings (SSSR count). The zero-order valence-corrected chi connectivity index (χ0v) is 12.2. The largest absolute Gasteiger partial charge is 0.459 e. The number of para-hydroxylation sites is 1. The highest BCUT2D eigenvalue weighted by molar-refractivity contribution is 5.92. The molecule has 112 valence electrons. The van der Waals surface area contributed by atoms with Crippen molar-refractivity contribution in [2.24, 2.45) is 0 Å². The average Bonchev–Trinajstić information content (AvgIpc) is 3.10. The minimum absolute atomic E-state index is 0.235. The van der Waals surface area contributed by atoms with Crippen LogP contribution in [0.3, 0.4) is 0 Å². The molecule has 1 saturated carbocycles. The summed E-state index contributed by atoms with van der Waals surface area (Å²) in [6.45, 7) is 1.89. The smallest absolute Gasteiger partial charge is 0.274 e. The number of hydrogen-bond donors (Lipinski definition) is 1. The molecule has 5 heteroatoms. The minimum atomic E-state index is -0.247. The van der Waals surface area contributed by atoms with Crippen molar-refractivity contribution in [3.05, 3.63) is 53.6 Å². The Morgan fingerprint density at radius 1 is 1.32 bits per heavy atom. The molecule has 5 nitrogen and oxygen atoms in total. The summed E-state index contributed by atoms with van der Waals surface area (Å²) in [5.74, 6) is 1.73. The van der Waals surface area contributed by atoms with Crippen molar-refractivity contribution in [1.29, 1.82) is 0 Å². The third-order valence-corrected chi connectivity index (χ3v) is 3.96. The molecule has 1 aliphatic carbocycles. The number of amides is 1. The maximum Gasteiger partial charge on any atom is 0.274 e. The van der Waals surface area contributed by atoms with Crippen molar-refractivity contribution in [3.63, 3.8) is 0 Å². The number of hydrogen-bond acceptors (Lipinski definition) is 4. The van der Waals surface area contributed by atoms with Crippen molar-refractivity contribution in [3.8, 4) is 0 Å². The summed E-state index contributed by atoms with van der Waals surface area (Å²) in [6, 6.07) is 11.2. The number of carbonyl (C=O) groups excluding carboxylic acids is 1. The van der Waals surface area contributed by atoms with Crippen LogP contribution in [0, 0.1) is 0 Å². The second-order valence-electron chi connectivity index (χ2n) is 5.77. The zero-order valence-electron chi connectivity index (χ0n) is 12.2. The predicted octanol–water partition coefficient (Wildman–Crippen LogP) is 3.79. The molecule has 0 radical (unpaired) electrons. The third-order valence-electron chi connectivity index (χ3n) is 3.96. The normalized spacial score (nSPS) is 15.9. The second-order valence-corrected chi connectivity index (χ2v) is 5.77. The zero-order chi connectivity index (χ0) is 15.1. The van der Waals surface area contributed by atoms with Crippen molar-refractivity contribution in [1.82, 2.24) is 10.5 Å². The van der Waals surface area contributed by atoms with Gasteiger partial charge in [0.1, 0.15) is 17.1 Å². The first-order valence-corrected chi connectivity index (χ1v) is 7.46. The molecular weight excluding hydrogens is 280 g/mol. The number of furan rings is 1. The number of nitrogens with zero attached hydrogens (tertiary/aromatic N) is 1. The maximum atomic E-state index is 12.2. The lowest BCUT2D eigenvalue weighted by Gasteiger charge is -2.09. The monoisotopic (exact) mass is 296 g/mol. The SMILES string of the molecule is CC(NC(=O)c1cc(C2CC2)on1)c1cc2ccccc2o1. The van der Waals surface area contributed by atoms with E-state index in [1.54, 1.807) is 6.07 Å². The molecule has 1 N–H and O–H groups in total. The number of rotatable bonds is 4. The molecule has 1 amide bonds. The van der Waals surface area contributed by atoms with Crippen LogP contribution in [-0.4, -0.2) is 11.1 Å². The number of nitrogens with one attached hydrogen (secondary N) is 1. The molecule has 2 aromatic heterocycles. The highest BCUT2D eigenvalue weighted by Crippen LogP contribution is 2.40. The van der Waals surface area contributed by atoms with Crippen LogP contribution in [0.25, 0.3) is 11.0 Å². The number of fused-ring (bicyclic) bond motifs is 1. The van der Waals surface area contributed by atoms with E-state index in [1.807, 2.05) is 37.3 Å². The van der Waals surface area contributed by atoms with Gasteiger partial charge in [-0.25, -0.2) is 0 Å². The van der Waals surface area contributed by atoms with Gasteiger partial charge in [-0.1, -0.05) is 23.4 Å².